The van der Waals surface area contributed by atoms with Crippen LogP contribution in [0.2, 0.25) is 5.02 Å². The normalized spacial score (nSPS) is 10.8. The largest absolute Gasteiger partial charge is 0.493 e. The maximum Gasteiger partial charge on any atom is 0.129 e. The van der Waals surface area contributed by atoms with Gasteiger partial charge in [-0.3, -0.25) is 0 Å². The van der Waals surface area contributed by atoms with E-state index in [-0.39, 0.29) is 0 Å². The third kappa shape index (κ3) is 2.44. The number of rotatable bonds is 3. The molecular weight excluding hydrogens is 278 g/mol. The predicted molar refractivity (Wildman–Crippen MR) is 81.2 cm³/mol. The summed E-state index contributed by atoms with van der Waals surface area (Å²) in [6.07, 6.45) is 0. The fraction of sp³-hybridized carbons (Fsp3) is 0.133. The first-order chi connectivity index (χ1) is 9.28. The Balaban J connectivity index is 2.16. The van der Waals surface area contributed by atoms with Gasteiger partial charge in [0.15, 0.2) is 0 Å². The van der Waals surface area contributed by atoms with E-state index in [0.717, 1.165) is 21.8 Å². The molecule has 0 aliphatic rings. The zero-order valence-electron chi connectivity index (χ0n) is 10.4. The molecule has 0 fully saturated rings. The van der Waals surface area contributed by atoms with Crippen LogP contribution in [-0.2, 0) is 0 Å². The fourth-order valence-electron chi connectivity index (χ4n) is 1.94. The number of halogens is 1. The van der Waals surface area contributed by atoms with E-state index in [1.165, 1.54) is 4.70 Å². The lowest BCUT2D eigenvalue weighted by Gasteiger charge is -2.08. The van der Waals surface area contributed by atoms with Crippen LogP contribution in [0.3, 0.4) is 0 Å². The first kappa shape index (κ1) is 12.5. The smallest absolute Gasteiger partial charge is 0.129 e. The SMILES string of the molecule is CCOc1ccc(Cl)cc1-c1nc2ccccc2s1. The van der Waals surface area contributed by atoms with Crippen LogP contribution < -0.4 is 4.74 Å². The second kappa shape index (κ2) is 5.19. The first-order valence-electron chi connectivity index (χ1n) is 6.06. The molecule has 0 atom stereocenters. The van der Waals surface area contributed by atoms with Gasteiger partial charge in [0.25, 0.3) is 0 Å². The van der Waals surface area contributed by atoms with Crippen LogP contribution in [0.15, 0.2) is 42.5 Å². The zero-order chi connectivity index (χ0) is 13.2. The minimum absolute atomic E-state index is 0.625. The molecule has 96 valence electrons. The molecule has 0 unspecified atom stereocenters. The van der Waals surface area contributed by atoms with Crippen LogP contribution in [-0.4, -0.2) is 11.6 Å². The third-order valence-corrected chi connectivity index (χ3v) is 4.07. The molecule has 0 N–H and O–H groups in total. The van der Waals surface area contributed by atoms with E-state index in [2.05, 4.69) is 11.1 Å². The Morgan fingerprint density at radius 2 is 2.05 bits per heavy atom. The van der Waals surface area contributed by atoms with Crippen LogP contribution in [0.25, 0.3) is 20.8 Å². The van der Waals surface area contributed by atoms with Crippen molar-refractivity contribution in [3.63, 3.8) is 0 Å². The Kier molecular flexibility index (Phi) is 3.40. The lowest BCUT2D eigenvalue weighted by atomic mass is 10.2. The number of nitrogens with zero attached hydrogens (tertiary/aromatic N) is 1. The molecule has 0 aliphatic heterocycles. The predicted octanol–water partition coefficient (Wildman–Crippen LogP) is 5.02. The van der Waals surface area contributed by atoms with Crippen molar-refractivity contribution in [2.75, 3.05) is 6.61 Å². The highest BCUT2D eigenvalue weighted by atomic mass is 35.5. The summed E-state index contributed by atoms with van der Waals surface area (Å²) in [6.45, 7) is 2.59. The van der Waals surface area contributed by atoms with E-state index in [1.54, 1.807) is 11.3 Å². The molecule has 1 heterocycles. The standard InChI is InChI=1S/C15H12ClNOS/c1-2-18-13-8-7-10(16)9-11(13)15-17-12-5-3-4-6-14(12)19-15/h3-9H,2H2,1H3. The van der Waals surface area contributed by atoms with E-state index in [9.17, 15) is 0 Å². The van der Waals surface area contributed by atoms with Gasteiger partial charge in [-0.1, -0.05) is 23.7 Å². The van der Waals surface area contributed by atoms with Crippen molar-refractivity contribution in [1.82, 2.24) is 4.98 Å². The molecule has 0 saturated carbocycles. The highest BCUT2D eigenvalue weighted by molar-refractivity contribution is 7.21. The summed E-state index contributed by atoms with van der Waals surface area (Å²) in [5, 5.41) is 1.63. The monoisotopic (exact) mass is 289 g/mol. The second-order valence-electron chi connectivity index (χ2n) is 4.06. The summed E-state index contributed by atoms with van der Waals surface area (Å²) in [6, 6.07) is 13.7. The number of hydrogen-bond donors (Lipinski definition) is 0. The van der Waals surface area contributed by atoms with Crippen LogP contribution in [0, 0.1) is 0 Å². The second-order valence-corrected chi connectivity index (χ2v) is 5.53. The Labute approximate surface area is 120 Å². The number of fused-ring (bicyclic) bond motifs is 1. The maximum atomic E-state index is 6.09. The van der Waals surface area contributed by atoms with Crippen molar-refractivity contribution >= 4 is 33.2 Å². The number of thiazole rings is 1. The molecule has 0 aliphatic carbocycles. The molecule has 0 amide bonds. The van der Waals surface area contributed by atoms with Crippen molar-refractivity contribution in [2.45, 2.75) is 6.92 Å². The van der Waals surface area contributed by atoms with Crippen LogP contribution in [0.1, 0.15) is 6.92 Å². The molecule has 0 radical (unpaired) electrons. The molecule has 2 aromatic carbocycles. The van der Waals surface area contributed by atoms with E-state index >= 15 is 0 Å². The van der Waals surface area contributed by atoms with E-state index < -0.39 is 0 Å². The van der Waals surface area contributed by atoms with E-state index in [1.807, 2.05) is 43.3 Å². The van der Waals surface area contributed by atoms with Crippen LogP contribution in [0.5, 0.6) is 5.75 Å². The van der Waals surface area contributed by atoms with Crippen LogP contribution >= 0.6 is 22.9 Å². The third-order valence-electron chi connectivity index (χ3n) is 2.77. The Morgan fingerprint density at radius 1 is 1.21 bits per heavy atom. The lowest BCUT2D eigenvalue weighted by molar-refractivity contribution is 0.341. The number of para-hydroxylation sites is 1. The fourth-order valence-corrected chi connectivity index (χ4v) is 3.10. The van der Waals surface area contributed by atoms with Crippen molar-refractivity contribution < 1.29 is 4.74 Å². The number of benzene rings is 2. The molecule has 0 spiro atoms. The van der Waals surface area contributed by atoms with Gasteiger partial charge in [0, 0.05) is 5.02 Å². The number of ether oxygens (including phenoxy) is 1. The van der Waals surface area contributed by atoms with Crippen LogP contribution in [0.4, 0.5) is 0 Å². The molecule has 1 aromatic heterocycles. The van der Waals surface area contributed by atoms with Crippen molar-refractivity contribution in [3.8, 4) is 16.3 Å². The highest BCUT2D eigenvalue weighted by Crippen LogP contribution is 2.37. The topological polar surface area (TPSA) is 22.1 Å². The Bertz CT molecular complexity index is 690. The minimum Gasteiger partial charge on any atom is -0.493 e. The van der Waals surface area contributed by atoms with Gasteiger partial charge in [-0.25, -0.2) is 4.98 Å². The number of aromatic nitrogens is 1. The molecule has 0 saturated heterocycles. The average Bonchev–Trinajstić information content (AvgIpc) is 2.84. The summed E-state index contributed by atoms with van der Waals surface area (Å²) in [5.74, 6) is 0.825. The van der Waals surface area contributed by atoms with E-state index in [0.29, 0.717) is 11.6 Å². The highest BCUT2D eigenvalue weighted by Gasteiger charge is 2.12. The van der Waals surface area contributed by atoms with Crippen molar-refractivity contribution in [2.24, 2.45) is 0 Å². The summed E-state index contributed by atoms with van der Waals surface area (Å²) in [5.41, 5.74) is 1.96. The van der Waals surface area contributed by atoms with Gasteiger partial charge in [-0.15, -0.1) is 11.3 Å². The van der Waals surface area contributed by atoms with Crippen molar-refractivity contribution in [3.05, 3.63) is 47.5 Å². The molecule has 3 aromatic rings. The zero-order valence-corrected chi connectivity index (χ0v) is 12.0. The van der Waals surface area contributed by atoms with Gasteiger partial charge in [0.1, 0.15) is 10.8 Å². The van der Waals surface area contributed by atoms with Gasteiger partial charge < -0.3 is 4.74 Å². The van der Waals surface area contributed by atoms with E-state index in [4.69, 9.17) is 16.3 Å². The average molecular weight is 290 g/mol. The van der Waals surface area contributed by atoms with Gasteiger partial charge in [-0.05, 0) is 37.3 Å². The van der Waals surface area contributed by atoms with Gasteiger partial charge in [0.2, 0.25) is 0 Å². The van der Waals surface area contributed by atoms with Gasteiger partial charge >= 0.3 is 0 Å². The van der Waals surface area contributed by atoms with Gasteiger partial charge in [-0.2, -0.15) is 0 Å². The molecular formula is C15H12ClNOS. The maximum absolute atomic E-state index is 6.09. The molecule has 4 heteroatoms. The molecule has 2 nitrogen and oxygen atoms in total. The summed E-state index contributed by atoms with van der Waals surface area (Å²) >= 11 is 7.74. The Hall–Kier alpha value is -1.58. The molecule has 0 bridgehead atoms. The lowest BCUT2D eigenvalue weighted by Crippen LogP contribution is -1.93. The molecule has 19 heavy (non-hydrogen) atoms. The first-order valence-corrected chi connectivity index (χ1v) is 7.25. The van der Waals surface area contributed by atoms with Crippen molar-refractivity contribution in [1.29, 1.82) is 0 Å². The minimum atomic E-state index is 0.625. The Morgan fingerprint density at radius 3 is 2.84 bits per heavy atom. The quantitative estimate of drug-likeness (QED) is 0.676. The summed E-state index contributed by atoms with van der Waals surface area (Å²) in [4.78, 5) is 4.65. The van der Waals surface area contributed by atoms with Gasteiger partial charge in [0.05, 0.1) is 22.4 Å². The summed E-state index contributed by atoms with van der Waals surface area (Å²) < 4.78 is 6.82. The number of hydrogen-bond acceptors (Lipinski definition) is 3. The molecule has 3 rings (SSSR count). The summed E-state index contributed by atoms with van der Waals surface area (Å²) in [7, 11) is 0.